The first kappa shape index (κ1) is 16.5. The Kier molecular flexibility index (Phi) is 5.11. The highest BCUT2D eigenvalue weighted by atomic mass is 35.5. The topological polar surface area (TPSA) is 73.6 Å². The van der Waals surface area contributed by atoms with Crippen molar-refractivity contribution in [2.75, 3.05) is 18.9 Å². The van der Waals surface area contributed by atoms with Gasteiger partial charge in [-0.1, -0.05) is 29.8 Å². The average Bonchev–Trinajstić information content (AvgIpc) is 2.59. The summed E-state index contributed by atoms with van der Waals surface area (Å²) in [7, 11) is 0. The van der Waals surface area contributed by atoms with Crippen molar-refractivity contribution in [2.24, 2.45) is 0 Å². The number of para-hydroxylation sites is 1. The highest BCUT2D eigenvalue weighted by Crippen LogP contribution is 2.38. The lowest BCUT2D eigenvalue weighted by Gasteiger charge is -2.20. The molecule has 1 aliphatic heterocycles. The van der Waals surface area contributed by atoms with Gasteiger partial charge < -0.3 is 20.5 Å². The van der Waals surface area contributed by atoms with Crippen LogP contribution < -0.4 is 20.5 Å². The molecule has 1 amide bonds. The summed E-state index contributed by atoms with van der Waals surface area (Å²) in [6.07, 6.45) is 0.993. The van der Waals surface area contributed by atoms with Crippen LogP contribution in [0.2, 0.25) is 5.02 Å². The van der Waals surface area contributed by atoms with E-state index >= 15 is 0 Å². The Morgan fingerprint density at radius 2 is 2.00 bits per heavy atom. The highest BCUT2D eigenvalue weighted by molar-refractivity contribution is 6.32. The third kappa shape index (κ3) is 3.92. The lowest BCUT2D eigenvalue weighted by Crippen LogP contribution is -2.23. The van der Waals surface area contributed by atoms with Crippen LogP contribution in [0.3, 0.4) is 0 Å². The van der Waals surface area contributed by atoms with Gasteiger partial charge in [-0.3, -0.25) is 4.79 Å². The van der Waals surface area contributed by atoms with E-state index in [-0.39, 0.29) is 5.91 Å². The lowest BCUT2D eigenvalue weighted by molar-refractivity contribution is -0.121. The molecule has 3 rings (SSSR count). The predicted molar refractivity (Wildman–Crippen MR) is 93.5 cm³/mol. The smallest absolute Gasteiger partial charge is 0.220 e. The lowest BCUT2D eigenvalue weighted by atomic mass is 10.1. The molecular weight excluding hydrogens is 328 g/mol. The Balaban J connectivity index is 1.55. The molecule has 0 fully saturated rings. The van der Waals surface area contributed by atoms with Gasteiger partial charge in [0, 0.05) is 18.7 Å². The van der Waals surface area contributed by atoms with Gasteiger partial charge in [-0.15, -0.1) is 0 Å². The molecule has 5 nitrogen and oxygen atoms in total. The van der Waals surface area contributed by atoms with Crippen molar-refractivity contribution < 1.29 is 14.3 Å². The monoisotopic (exact) mass is 346 g/mol. The number of anilines is 1. The maximum atomic E-state index is 12.0. The first-order valence-corrected chi connectivity index (χ1v) is 8.19. The third-order valence-electron chi connectivity index (χ3n) is 3.82. The predicted octanol–water partition coefficient (Wildman–Crippen LogP) is 2.94. The number of amides is 1. The molecule has 1 aliphatic rings. The molecule has 0 saturated heterocycles. The van der Waals surface area contributed by atoms with Gasteiger partial charge in [-0.25, -0.2) is 0 Å². The van der Waals surface area contributed by atoms with E-state index in [9.17, 15) is 4.79 Å². The molecule has 0 spiro atoms. The van der Waals surface area contributed by atoms with E-state index in [1.165, 1.54) is 0 Å². The number of fused-ring (bicyclic) bond motifs is 1. The molecule has 24 heavy (non-hydrogen) atoms. The van der Waals surface area contributed by atoms with E-state index in [0.717, 1.165) is 11.1 Å². The number of hydrogen-bond acceptors (Lipinski definition) is 4. The average molecular weight is 347 g/mol. The van der Waals surface area contributed by atoms with Crippen molar-refractivity contribution in [2.45, 2.75) is 19.4 Å². The number of nitrogens with two attached hydrogens (primary N) is 1. The van der Waals surface area contributed by atoms with Crippen LogP contribution in [-0.2, 0) is 17.8 Å². The molecule has 3 N–H and O–H groups in total. The Hall–Kier alpha value is -2.40. The van der Waals surface area contributed by atoms with Crippen molar-refractivity contribution >= 4 is 23.2 Å². The van der Waals surface area contributed by atoms with Gasteiger partial charge in [0.05, 0.1) is 5.02 Å². The van der Waals surface area contributed by atoms with Crippen molar-refractivity contribution in [3.8, 4) is 11.5 Å². The molecule has 2 aromatic rings. The zero-order chi connectivity index (χ0) is 16.9. The van der Waals surface area contributed by atoms with Gasteiger partial charge in [-0.2, -0.15) is 0 Å². The summed E-state index contributed by atoms with van der Waals surface area (Å²) in [6.45, 7) is 1.38. The summed E-state index contributed by atoms with van der Waals surface area (Å²) in [5.41, 5.74) is 8.45. The molecular formula is C18H19ClN2O3. The number of aryl methyl sites for hydroxylation is 1. The zero-order valence-electron chi connectivity index (χ0n) is 13.2. The minimum absolute atomic E-state index is 0.0377. The molecule has 0 unspecified atom stereocenters. The van der Waals surface area contributed by atoms with Gasteiger partial charge in [0.25, 0.3) is 0 Å². The summed E-state index contributed by atoms with van der Waals surface area (Å²) in [5, 5.41) is 3.38. The van der Waals surface area contributed by atoms with Gasteiger partial charge in [0.15, 0.2) is 11.5 Å². The SMILES string of the molecule is Nc1ccccc1CCC(=O)NCc1cc(Cl)c2c(c1)OCCO2. The van der Waals surface area contributed by atoms with E-state index in [1.54, 1.807) is 6.07 Å². The van der Waals surface area contributed by atoms with Crippen molar-refractivity contribution in [3.05, 3.63) is 52.5 Å². The number of rotatable bonds is 5. The third-order valence-corrected chi connectivity index (χ3v) is 4.10. The highest BCUT2D eigenvalue weighted by Gasteiger charge is 2.16. The van der Waals surface area contributed by atoms with Crippen LogP contribution in [0.4, 0.5) is 5.69 Å². The summed E-state index contributed by atoms with van der Waals surface area (Å²) in [5.74, 6) is 1.15. The molecule has 0 aliphatic carbocycles. The van der Waals surface area contributed by atoms with Crippen LogP contribution in [-0.4, -0.2) is 19.1 Å². The summed E-state index contributed by atoms with van der Waals surface area (Å²) in [6, 6.07) is 11.2. The van der Waals surface area contributed by atoms with E-state index < -0.39 is 0 Å². The Labute approximate surface area is 145 Å². The van der Waals surface area contributed by atoms with Crippen molar-refractivity contribution in [1.82, 2.24) is 5.32 Å². The summed E-state index contributed by atoms with van der Waals surface area (Å²) >= 11 is 6.19. The zero-order valence-corrected chi connectivity index (χ0v) is 13.9. The molecule has 0 aromatic heterocycles. The molecule has 1 heterocycles. The molecule has 126 valence electrons. The van der Waals surface area contributed by atoms with E-state index in [2.05, 4.69) is 5.32 Å². The number of ether oxygens (including phenoxy) is 2. The fraction of sp³-hybridized carbons (Fsp3) is 0.278. The Bertz CT molecular complexity index is 749. The number of hydrogen-bond donors (Lipinski definition) is 2. The van der Waals surface area contributed by atoms with E-state index in [1.807, 2.05) is 30.3 Å². The number of nitrogens with one attached hydrogen (secondary N) is 1. The number of nitrogen functional groups attached to an aromatic ring is 1. The first-order valence-electron chi connectivity index (χ1n) is 7.81. The van der Waals surface area contributed by atoms with Gasteiger partial charge in [0.1, 0.15) is 13.2 Å². The minimum atomic E-state index is -0.0377. The molecule has 6 heteroatoms. The maximum absolute atomic E-state index is 12.0. The van der Waals surface area contributed by atoms with Crippen molar-refractivity contribution in [3.63, 3.8) is 0 Å². The van der Waals surface area contributed by atoms with Gasteiger partial charge in [-0.05, 0) is 35.7 Å². The first-order chi connectivity index (χ1) is 11.6. The van der Waals surface area contributed by atoms with Crippen LogP contribution in [0.15, 0.2) is 36.4 Å². The second kappa shape index (κ2) is 7.45. The minimum Gasteiger partial charge on any atom is -0.486 e. The quantitative estimate of drug-likeness (QED) is 0.816. The van der Waals surface area contributed by atoms with E-state index in [0.29, 0.717) is 54.8 Å². The molecule has 0 atom stereocenters. The Morgan fingerprint density at radius 1 is 1.21 bits per heavy atom. The van der Waals surface area contributed by atoms with Crippen LogP contribution in [0.25, 0.3) is 0 Å². The standard InChI is InChI=1S/C18H19ClN2O3/c19-14-9-12(10-16-18(14)24-8-7-23-16)11-21-17(22)6-5-13-3-1-2-4-15(13)20/h1-4,9-10H,5-8,11,20H2,(H,21,22). The summed E-state index contributed by atoms with van der Waals surface area (Å²) in [4.78, 5) is 12.0. The van der Waals surface area contributed by atoms with Crippen LogP contribution >= 0.6 is 11.6 Å². The Morgan fingerprint density at radius 3 is 2.83 bits per heavy atom. The summed E-state index contributed by atoms with van der Waals surface area (Å²) < 4.78 is 11.0. The van der Waals surface area contributed by atoms with Crippen molar-refractivity contribution in [1.29, 1.82) is 0 Å². The molecule has 0 bridgehead atoms. The number of carbonyl (C=O) groups excluding carboxylic acids is 1. The second-order valence-electron chi connectivity index (χ2n) is 5.58. The fourth-order valence-electron chi connectivity index (χ4n) is 2.57. The molecule has 2 aromatic carbocycles. The molecule has 0 saturated carbocycles. The van der Waals surface area contributed by atoms with Crippen LogP contribution in [0.5, 0.6) is 11.5 Å². The number of halogens is 1. The fourth-order valence-corrected chi connectivity index (χ4v) is 2.85. The normalized spacial score (nSPS) is 12.7. The number of carbonyl (C=O) groups is 1. The van der Waals surface area contributed by atoms with Gasteiger partial charge >= 0.3 is 0 Å². The number of benzene rings is 2. The van der Waals surface area contributed by atoms with Crippen LogP contribution in [0, 0.1) is 0 Å². The van der Waals surface area contributed by atoms with E-state index in [4.69, 9.17) is 26.8 Å². The second-order valence-corrected chi connectivity index (χ2v) is 5.98. The van der Waals surface area contributed by atoms with Gasteiger partial charge in [0.2, 0.25) is 5.91 Å². The largest absolute Gasteiger partial charge is 0.486 e. The maximum Gasteiger partial charge on any atom is 0.220 e. The molecule has 0 radical (unpaired) electrons. The van der Waals surface area contributed by atoms with Crippen LogP contribution in [0.1, 0.15) is 17.5 Å².